The SMILES string of the molecule is CCC(C)C(NC(=O)C(Cc1cnc[nH]1)NC(=O)CNC(=O)C(Cc1ccccc1)NC(=O)CNC(=O)CNC(=O)CCCCC1CCSS1)C(=O)NC(C)Cc1cnc[nH]1. The smallest absolute Gasteiger partial charge is 0.243 e. The van der Waals surface area contributed by atoms with Crippen molar-refractivity contribution in [1.29, 1.82) is 0 Å². The van der Waals surface area contributed by atoms with E-state index in [2.05, 4.69) is 57.2 Å². The number of H-pyrrole nitrogens is 2. The Kier molecular flexibility index (Phi) is 20.6. The molecule has 1 aromatic carbocycles. The van der Waals surface area contributed by atoms with Crippen LogP contribution in [0.15, 0.2) is 55.4 Å². The highest BCUT2D eigenvalue weighted by atomic mass is 33.1. The molecule has 0 aliphatic carbocycles. The van der Waals surface area contributed by atoms with Crippen LogP contribution >= 0.6 is 21.6 Å². The van der Waals surface area contributed by atoms with Crippen LogP contribution in [0, 0.1) is 5.92 Å². The van der Waals surface area contributed by atoms with Gasteiger partial charge in [0.2, 0.25) is 41.4 Å². The third-order valence-electron chi connectivity index (χ3n) is 10.1. The molecule has 1 aliphatic heterocycles. The molecule has 0 radical (unpaired) electrons. The van der Waals surface area contributed by atoms with E-state index in [1.165, 1.54) is 24.7 Å². The van der Waals surface area contributed by atoms with Crippen LogP contribution in [0.25, 0.3) is 0 Å². The number of rotatable bonds is 26. The molecule has 4 rings (SSSR count). The molecule has 61 heavy (non-hydrogen) atoms. The fourth-order valence-corrected chi connectivity index (χ4v) is 9.49. The van der Waals surface area contributed by atoms with Crippen LogP contribution in [-0.4, -0.2) is 116 Å². The van der Waals surface area contributed by atoms with Crippen molar-refractivity contribution >= 4 is 62.9 Å². The molecule has 0 spiro atoms. The predicted octanol–water partition coefficient (Wildman–Crippen LogP) is 1.23. The number of imidazole rings is 2. The van der Waals surface area contributed by atoms with Gasteiger partial charge in [-0.3, -0.25) is 33.6 Å². The zero-order valence-electron chi connectivity index (χ0n) is 34.9. The fraction of sp³-hybridized carbons (Fsp3) is 0.537. The number of carbonyl (C=O) groups is 7. The maximum atomic E-state index is 13.8. The molecule has 6 atom stereocenters. The molecule has 0 bridgehead atoms. The lowest BCUT2D eigenvalue weighted by Crippen LogP contribution is -2.58. The third kappa shape index (κ3) is 18.0. The second-order valence-corrected chi connectivity index (χ2v) is 17.9. The van der Waals surface area contributed by atoms with Crippen molar-refractivity contribution in [2.75, 3.05) is 25.4 Å². The highest BCUT2D eigenvalue weighted by Gasteiger charge is 2.31. The van der Waals surface area contributed by atoms with E-state index in [1.54, 1.807) is 42.9 Å². The van der Waals surface area contributed by atoms with Crippen molar-refractivity contribution in [2.24, 2.45) is 5.92 Å². The van der Waals surface area contributed by atoms with Gasteiger partial charge in [0.05, 0.1) is 32.3 Å². The Morgan fingerprint density at radius 3 is 1.95 bits per heavy atom. The zero-order chi connectivity index (χ0) is 44.0. The number of nitrogens with zero attached hydrogens (tertiary/aromatic N) is 2. The molecular formula is C41H59N11O7S2. The summed E-state index contributed by atoms with van der Waals surface area (Å²) in [5.41, 5.74) is 2.12. The second kappa shape index (κ2) is 26.1. The first-order valence-corrected chi connectivity index (χ1v) is 23.1. The predicted molar refractivity (Wildman–Crippen MR) is 234 cm³/mol. The minimum atomic E-state index is -1.15. The molecule has 1 saturated heterocycles. The van der Waals surface area contributed by atoms with Crippen molar-refractivity contribution in [2.45, 2.75) is 108 Å². The van der Waals surface area contributed by atoms with Gasteiger partial charge < -0.3 is 47.2 Å². The van der Waals surface area contributed by atoms with Crippen LogP contribution in [0.4, 0.5) is 0 Å². The van der Waals surface area contributed by atoms with Crippen molar-refractivity contribution in [3.05, 3.63) is 72.3 Å². The van der Waals surface area contributed by atoms with Gasteiger partial charge in [-0.2, -0.15) is 0 Å². The summed E-state index contributed by atoms with van der Waals surface area (Å²) < 4.78 is 0. The topological polar surface area (TPSA) is 261 Å². The molecule has 18 nitrogen and oxygen atoms in total. The number of benzene rings is 1. The van der Waals surface area contributed by atoms with Gasteiger partial charge in [-0.15, -0.1) is 0 Å². The maximum Gasteiger partial charge on any atom is 0.243 e. The Bertz CT molecular complexity index is 1840. The summed E-state index contributed by atoms with van der Waals surface area (Å²) in [6, 6.07) is 5.47. The number of carbonyl (C=O) groups excluding carboxylic acids is 7. The first-order valence-electron chi connectivity index (χ1n) is 20.7. The van der Waals surface area contributed by atoms with Crippen LogP contribution in [0.2, 0.25) is 0 Å². The summed E-state index contributed by atoms with van der Waals surface area (Å²) in [7, 11) is 3.79. The van der Waals surface area contributed by atoms with Crippen molar-refractivity contribution in [1.82, 2.24) is 57.2 Å². The normalized spacial score (nSPS) is 15.9. The Morgan fingerprint density at radius 2 is 1.33 bits per heavy atom. The molecule has 1 fully saturated rings. The first-order chi connectivity index (χ1) is 29.4. The number of aromatic nitrogens is 4. The average molecular weight is 882 g/mol. The highest BCUT2D eigenvalue weighted by Crippen LogP contribution is 2.39. The number of hydrogen-bond acceptors (Lipinski definition) is 11. The van der Waals surface area contributed by atoms with Crippen molar-refractivity contribution in [3.8, 4) is 0 Å². The van der Waals surface area contributed by atoms with E-state index in [1.807, 2.05) is 42.4 Å². The largest absolute Gasteiger partial charge is 0.351 e. The van der Waals surface area contributed by atoms with E-state index in [0.29, 0.717) is 30.2 Å². The molecule has 332 valence electrons. The lowest BCUT2D eigenvalue weighted by Gasteiger charge is -2.27. The van der Waals surface area contributed by atoms with Crippen LogP contribution < -0.4 is 37.2 Å². The molecule has 1 aliphatic rings. The standard InChI is InChI=1S/C41H59N11O7S2/c1-4-26(2)38(41(59)49-27(3)16-29-19-42-24-47-29)52-40(58)33(18-30-20-43-25-48-30)51-37(56)23-46-39(57)32(17-28-10-6-5-7-11-28)50-36(55)22-45-35(54)21-44-34(53)13-9-8-12-31-14-15-60-61-31/h5-7,10-11,19-20,24-27,31-33,38H,4,8-9,12-18,21-23H2,1-3H3,(H,42,47)(H,43,48)(H,44,53)(H,45,54)(H,46,57)(H,49,59)(H,50,55)(H,51,56)(H,52,58). The second-order valence-electron chi connectivity index (χ2n) is 15.1. The van der Waals surface area contributed by atoms with E-state index < -0.39 is 60.8 Å². The minimum Gasteiger partial charge on any atom is -0.351 e. The molecule has 0 saturated carbocycles. The lowest BCUT2D eigenvalue weighted by molar-refractivity contribution is -0.133. The van der Waals surface area contributed by atoms with E-state index in [-0.39, 0.29) is 43.2 Å². The third-order valence-corrected chi connectivity index (χ3v) is 13.1. The van der Waals surface area contributed by atoms with Gasteiger partial charge in [0.15, 0.2) is 0 Å². The number of unbranched alkanes of at least 4 members (excludes halogenated alkanes) is 1. The number of aromatic amines is 2. The molecular weight excluding hydrogens is 823 g/mol. The van der Waals surface area contributed by atoms with Crippen LogP contribution in [0.5, 0.6) is 0 Å². The van der Waals surface area contributed by atoms with Gasteiger partial charge in [0.25, 0.3) is 0 Å². The van der Waals surface area contributed by atoms with Gasteiger partial charge in [-0.1, -0.05) is 78.6 Å². The Hall–Kier alpha value is -5.37. The first kappa shape index (κ1) is 48.3. The lowest BCUT2D eigenvalue weighted by atomic mass is 9.97. The monoisotopic (exact) mass is 881 g/mol. The summed E-state index contributed by atoms with van der Waals surface area (Å²) in [6.45, 7) is 4.32. The molecule has 3 heterocycles. The van der Waals surface area contributed by atoms with Gasteiger partial charge in [0.1, 0.15) is 18.1 Å². The van der Waals surface area contributed by atoms with Crippen LogP contribution in [0.1, 0.15) is 76.2 Å². The van der Waals surface area contributed by atoms with Crippen molar-refractivity contribution in [3.63, 3.8) is 0 Å². The average Bonchev–Trinajstić information content (AvgIpc) is 4.07. The molecule has 9 N–H and O–H groups in total. The van der Waals surface area contributed by atoms with Gasteiger partial charge in [-0.05, 0) is 37.7 Å². The highest BCUT2D eigenvalue weighted by molar-refractivity contribution is 8.77. The maximum absolute atomic E-state index is 13.8. The number of hydrogen-bond donors (Lipinski definition) is 9. The summed E-state index contributed by atoms with van der Waals surface area (Å²) >= 11 is 0. The summed E-state index contributed by atoms with van der Waals surface area (Å²) in [5.74, 6) is -2.90. The van der Waals surface area contributed by atoms with Gasteiger partial charge in [0, 0.05) is 66.5 Å². The molecule has 2 aromatic heterocycles. The summed E-state index contributed by atoms with van der Waals surface area (Å²) in [4.78, 5) is 106. The quantitative estimate of drug-likeness (QED) is 0.0409. The van der Waals surface area contributed by atoms with E-state index in [4.69, 9.17) is 0 Å². The fourth-order valence-electron chi connectivity index (χ4n) is 6.46. The summed E-state index contributed by atoms with van der Waals surface area (Å²) in [6.07, 6.45) is 11.6. The molecule has 20 heteroatoms. The molecule has 6 unspecified atom stereocenters. The van der Waals surface area contributed by atoms with Crippen molar-refractivity contribution < 1.29 is 33.6 Å². The number of nitrogens with one attached hydrogen (secondary N) is 9. The molecule has 3 aromatic rings. The summed E-state index contributed by atoms with van der Waals surface area (Å²) in [5, 5.41) is 19.3. The van der Waals surface area contributed by atoms with E-state index in [0.717, 1.165) is 30.5 Å². The van der Waals surface area contributed by atoms with Crippen LogP contribution in [0.3, 0.4) is 0 Å². The Morgan fingerprint density at radius 1 is 0.705 bits per heavy atom. The van der Waals surface area contributed by atoms with Gasteiger partial charge in [-0.25, -0.2) is 9.97 Å². The van der Waals surface area contributed by atoms with Gasteiger partial charge >= 0.3 is 0 Å². The van der Waals surface area contributed by atoms with Crippen LogP contribution in [-0.2, 0) is 52.8 Å². The zero-order valence-corrected chi connectivity index (χ0v) is 36.6. The Balaban J connectivity index is 1.29. The Labute approximate surface area is 364 Å². The van der Waals surface area contributed by atoms with E-state index >= 15 is 0 Å². The molecule has 7 amide bonds. The number of amides is 7. The minimum absolute atomic E-state index is 0.0116. The van der Waals surface area contributed by atoms with E-state index in [9.17, 15) is 33.6 Å².